The molecule has 2 amide bonds. The van der Waals surface area contributed by atoms with Crippen molar-refractivity contribution in [2.45, 2.75) is 31.4 Å². The van der Waals surface area contributed by atoms with E-state index in [4.69, 9.17) is 0 Å². The number of aryl methyl sites for hydroxylation is 1. The molecule has 0 aliphatic heterocycles. The summed E-state index contributed by atoms with van der Waals surface area (Å²) in [6.07, 6.45) is 1.81. The number of aliphatic hydroxyl groups is 1. The molecule has 0 unspecified atom stereocenters. The third-order valence-corrected chi connectivity index (χ3v) is 4.58. The third kappa shape index (κ3) is 4.45. The molecule has 0 radical (unpaired) electrons. The summed E-state index contributed by atoms with van der Waals surface area (Å²) in [5, 5.41) is 15.9. The molecule has 3 N–H and O–H groups in total. The first-order valence-electron chi connectivity index (χ1n) is 8.45. The Morgan fingerprint density at radius 2 is 1.56 bits per heavy atom. The SMILES string of the molecule is O=C(NCc1ccccc1)C(=O)NC[C@]1(O)CCc2ccccc2C1. The van der Waals surface area contributed by atoms with Crippen LogP contribution >= 0.6 is 0 Å². The van der Waals surface area contributed by atoms with Gasteiger partial charge in [0.1, 0.15) is 0 Å². The Labute approximate surface area is 147 Å². The number of carbonyl (C=O) groups excluding carboxylic acids is 2. The summed E-state index contributed by atoms with van der Waals surface area (Å²) in [5.74, 6) is -1.41. The van der Waals surface area contributed by atoms with Gasteiger partial charge in [-0.05, 0) is 29.5 Å². The first kappa shape index (κ1) is 17.2. The van der Waals surface area contributed by atoms with Crippen LogP contribution in [0.4, 0.5) is 0 Å². The molecule has 0 fully saturated rings. The second kappa shape index (κ2) is 7.49. The minimum Gasteiger partial charge on any atom is -0.388 e. The predicted molar refractivity (Wildman–Crippen MR) is 94.7 cm³/mol. The standard InChI is InChI=1S/C20H22N2O3/c23-18(21-13-15-6-2-1-3-7-15)19(24)22-14-20(25)11-10-16-8-4-5-9-17(16)12-20/h1-9,25H,10-14H2,(H,21,23)(H,22,24)/t20-/m0/s1. The van der Waals surface area contributed by atoms with Crippen molar-refractivity contribution in [3.8, 4) is 0 Å². The van der Waals surface area contributed by atoms with E-state index in [9.17, 15) is 14.7 Å². The molecule has 0 heterocycles. The Balaban J connectivity index is 1.49. The van der Waals surface area contributed by atoms with Crippen molar-refractivity contribution in [3.05, 3.63) is 71.3 Å². The maximum absolute atomic E-state index is 12.0. The van der Waals surface area contributed by atoms with Crippen molar-refractivity contribution in [2.24, 2.45) is 0 Å². The van der Waals surface area contributed by atoms with Gasteiger partial charge in [0.05, 0.1) is 5.60 Å². The van der Waals surface area contributed by atoms with Gasteiger partial charge in [-0.3, -0.25) is 9.59 Å². The van der Waals surface area contributed by atoms with Crippen LogP contribution in [0.3, 0.4) is 0 Å². The van der Waals surface area contributed by atoms with Crippen molar-refractivity contribution in [2.75, 3.05) is 6.54 Å². The molecular weight excluding hydrogens is 316 g/mol. The first-order chi connectivity index (χ1) is 12.1. The highest BCUT2D eigenvalue weighted by molar-refractivity contribution is 6.35. The summed E-state index contributed by atoms with van der Waals surface area (Å²) >= 11 is 0. The van der Waals surface area contributed by atoms with E-state index in [1.807, 2.05) is 48.5 Å². The van der Waals surface area contributed by atoms with E-state index in [1.54, 1.807) is 0 Å². The van der Waals surface area contributed by atoms with Crippen LogP contribution in [0.15, 0.2) is 54.6 Å². The van der Waals surface area contributed by atoms with Gasteiger partial charge < -0.3 is 15.7 Å². The van der Waals surface area contributed by atoms with E-state index in [0.717, 1.165) is 17.5 Å². The van der Waals surface area contributed by atoms with E-state index in [1.165, 1.54) is 5.56 Å². The second-order valence-corrected chi connectivity index (χ2v) is 6.52. The lowest BCUT2D eigenvalue weighted by molar-refractivity contribution is -0.140. The number of fused-ring (bicyclic) bond motifs is 1. The number of nitrogens with one attached hydrogen (secondary N) is 2. The Bertz CT molecular complexity index is 761. The maximum Gasteiger partial charge on any atom is 0.309 e. The van der Waals surface area contributed by atoms with E-state index < -0.39 is 17.4 Å². The summed E-state index contributed by atoms with van der Waals surface area (Å²) in [5.41, 5.74) is 2.24. The lowest BCUT2D eigenvalue weighted by Crippen LogP contribution is -2.50. The first-order valence-corrected chi connectivity index (χ1v) is 8.45. The van der Waals surface area contributed by atoms with Gasteiger partial charge in [0.25, 0.3) is 0 Å². The Morgan fingerprint density at radius 1 is 0.920 bits per heavy atom. The molecule has 130 valence electrons. The zero-order chi connectivity index (χ0) is 17.7. The summed E-state index contributed by atoms with van der Waals surface area (Å²) in [6, 6.07) is 17.4. The van der Waals surface area contributed by atoms with Gasteiger partial charge in [-0.15, -0.1) is 0 Å². The molecule has 2 aromatic carbocycles. The van der Waals surface area contributed by atoms with Crippen LogP contribution in [0.25, 0.3) is 0 Å². The highest BCUT2D eigenvalue weighted by Crippen LogP contribution is 2.28. The zero-order valence-electron chi connectivity index (χ0n) is 14.0. The molecule has 0 saturated heterocycles. The van der Waals surface area contributed by atoms with E-state index in [-0.39, 0.29) is 6.54 Å². The molecule has 2 aromatic rings. The summed E-state index contributed by atoms with van der Waals surface area (Å²) < 4.78 is 0. The zero-order valence-corrected chi connectivity index (χ0v) is 14.0. The maximum atomic E-state index is 12.0. The largest absolute Gasteiger partial charge is 0.388 e. The average Bonchev–Trinajstić information content (AvgIpc) is 2.65. The van der Waals surface area contributed by atoms with Crippen LogP contribution in [-0.4, -0.2) is 29.1 Å². The van der Waals surface area contributed by atoms with Crippen molar-refractivity contribution in [1.29, 1.82) is 0 Å². The quantitative estimate of drug-likeness (QED) is 0.736. The Hall–Kier alpha value is -2.66. The molecule has 5 heteroatoms. The Morgan fingerprint density at radius 3 is 2.32 bits per heavy atom. The Kier molecular flexibility index (Phi) is 5.14. The van der Waals surface area contributed by atoms with Gasteiger partial charge in [-0.25, -0.2) is 0 Å². The third-order valence-electron chi connectivity index (χ3n) is 4.58. The average molecular weight is 338 g/mol. The molecule has 0 saturated carbocycles. The molecular formula is C20H22N2O3. The number of amides is 2. The normalized spacial score (nSPS) is 18.9. The van der Waals surface area contributed by atoms with Crippen LogP contribution in [-0.2, 0) is 29.0 Å². The summed E-state index contributed by atoms with van der Waals surface area (Å²) in [4.78, 5) is 23.8. The van der Waals surface area contributed by atoms with Gasteiger partial charge in [0, 0.05) is 19.5 Å². The van der Waals surface area contributed by atoms with E-state index in [2.05, 4.69) is 16.7 Å². The molecule has 0 bridgehead atoms. The fourth-order valence-corrected chi connectivity index (χ4v) is 3.12. The van der Waals surface area contributed by atoms with Crippen LogP contribution < -0.4 is 10.6 Å². The topological polar surface area (TPSA) is 78.4 Å². The molecule has 1 aliphatic rings. The van der Waals surface area contributed by atoms with Gasteiger partial charge >= 0.3 is 11.8 Å². The molecule has 0 spiro atoms. The van der Waals surface area contributed by atoms with Crippen LogP contribution in [0.5, 0.6) is 0 Å². The van der Waals surface area contributed by atoms with Crippen molar-refractivity contribution < 1.29 is 14.7 Å². The predicted octanol–water partition coefficient (Wildman–Crippen LogP) is 1.34. The number of benzene rings is 2. The fourth-order valence-electron chi connectivity index (χ4n) is 3.12. The second-order valence-electron chi connectivity index (χ2n) is 6.52. The van der Waals surface area contributed by atoms with Crippen LogP contribution in [0.1, 0.15) is 23.1 Å². The molecule has 1 atom stereocenters. The minimum atomic E-state index is -1.01. The minimum absolute atomic E-state index is 0.0684. The van der Waals surface area contributed by atoms with Crippen LogP contribution in [0.2, 0.25) is 0 Å². The van der Waals surface area contributed by atoms with Gasteiger partial charge in [0.15, 0.2) is 0 Å². The molecule has 5 nitrogen and oxygen atoms in total. The fraction of sp³-hybridized carbons (Fsp3) is 0.300. The van der Waals surface area contributed by atoms with E-state index in [0.29, 0.717) is 19.4 Å². The van der Waals surface area contributed by atoms with E-state index >= 15 is 0 Å². The molecule has 3 rings (SSSR count). The smallest absolute Gasteiger partial charge is 0.309 e. The van der Waals surface area contributed by atoms with Gasteiger partial charge in [-0.1, -0.05) is 54.6 Å². The number of hydrogen-bond acceptors (Lipinski definition) is 3. The van der Waals surface area contributed by atoms with Crippen LogP contribution in [0, 0.1) is 0 Å². The van der Waals surface area contributed by atoms with Crippen molar-refractivity contribution in [3.63, 3.8) is 0 Å². The summed E-state index contributed by atoms with van der Waals surface area (Å²) in [7, 11) is 0. The molecule has 1 aliphatic carbocycles. The summed E-state index contributed by atoms with van der Waals surface area (Å²) in [6.45, 7) is 0.365. The van der Waals surface area contributed by atoms with Crippen molar-refractivity contribution in [1.82, 2.24) is 10.6 Å². The number of rotatable bonds is 4. The van der Waals surface area contributed by atoms with Gasteiger partial charge in [0.2, 0.25) is 0 Å². The molecule has 25 heavy (non-hydrogen) atoms. The monoisotopic (exact) mass is 338 g/mol. The number of carbonyl (C=O) groups is 2. The molecule has 0 aromatic heterocycles. The van der Waals surface area contributed by atoms with Crippen molar-refractivity contribution >= 4 is 11.8 Å². The lowest BCUT2D eigenvalue weighted by Gasteiger charge is -2.33. The highest BCUT2D eigenvalue weighted by Gasteiger charge is 2.32. The lowest BCUT2D eigenvalue weighted by atomic mass is 9.80. The van der Waals surface area contributed by atoms with Gasteiger partial charge in [-0.2, -0.15) is 0 Å². The number of hydrogen-bond donors (Lipinski definition) is 3. The highest BCUT2D eigenvalue weighted by atomic mass is 16.3.